The molecule has 0 unspecified atom stereocenters. The molecule has 0 aliphatic heterocycles. The van der Waals surface area contributed by atoms with Gasteiger partial charge in [0.15, 0.2) is 11.9 Å². The number of ketones is 1. The van der Waals surface area contributed by atoms with E-state index in [2.05, 4.69) is 10.3 Å². The molecule has 2 rings (SSSR count). The second-order valence-electron chi connectivity index (χ2n) is 5.24. The molecule has 1 aromatic heterocycles. The molecule has 7 nitrogen and oxygen atoms in total. The number of Topliss-reactive ketones (excluding diaryl/α,β-unsaturated/α-hetero) is 1. The van der Waals surface area contributed by atoms with Gasteiger partial charge in [-0.1, -0.05) is 11.6 Å². The second-order valence-corrected chi connectivity index (χ2v) is 5.68. The molecule has 1 atom stereocenters. The number of rotatable bonds is 6. The normalized spacial score (nSPS) is 11.5. The zero-order chi connectivity index (χ0) is 18.6. The highest BCUT2D eigenvalue weighted by Gasteiger charge is 2.21. The van der Waals surface area contributed by atoms with Crippen molar-refractivity contribution in [1.82, 2.24) is 4.98 Å². The van der Waals surface area contributed by atoms with Crippen LogP contribution in [0.5, 0.6) is 5.75 Å². The lowest BCUT2D eigenvalue weighted by atomic mass is 10.2. The van der Waals surface area contributed by atoms with Crippen molar-refractivity contribution in [3.63, 3.8) is 0 Å². The van der Waals surface area contributed by atoms with Crippen LogP contribution in [0.2, 0.25) is 5.02 Å². The van der Waals surface area contributed by atoms with E-state index in [1.807, 2.05) is 0 Å². The van der Waals surface area contributed by atoms with Crippen LogP contribution in [0.15, 0.2) is 30.5 Å². The number of esters is 1. The number of H-pyrrole nitrogens is 1. The number of nitrogens with one attached hydrogen (secondary N) is 2. The Kier molecular flexibility index (Phi) is 5.82. The lowest BCUT2D eigenvalue weighted by Crippen LogP contribution is -2.30. The van der Waals surface area contributed by atoms with Crippen LogP contribution in [0.25, 0.3) is 0 Å². The number of halogens is 1. The monoisotopic (exact) mass is 364 g/mol. The molecule has 25 heavy (non-hydrogen) atoms. The highest BCUT2D eigenvalue weighted by molar-refractivity contribution is 6.31. The van der Waals surface area contributed by atoms with Gasteiger partial charge in [0.25, 0.3) is 5.91 Å². The number of amides is 1. The molecule has 2 N–H and O–H groups in total. The average molecular weight is 365 g/mol. The first-order valence-electron chi connectivity index (χ1n) is 7.36. The fourth-order valence-electron chi connectivity index (χ4n) is 2.01. The van der Waals surface area contributed by atoms with E-state index in [4.69, 9.17) is 21.1 Å². The number of anilines is 1. The van der Waals surface area contributed by atoms with Crippen molar-refractivity contribution >= 4 is 34.9 Å². The smallest absolute Gasteiger partial charge is 0.355 e. The molecule has 0 radical (unpaired) electrons. The Bertz CT molecular complexity index is 815. The van der Waals surface area contributed by atoms with Gasteiger partial charge in [0.05, 0.1) is 12.8 Å². The summed E-state index contributed by atoms with van der Waals surface area (Å²) in [5, 5.41) is 3.01. The largest absolute Gasteiger partial charge is 0.495 e. The summed E-state index contributed by atoms with van der Waals surface area (Å²) in [4.78, 5) is 38.1. The predicted molar refractivity (Wildman–Crippen MR) is 92.3 cm³/mol. The molecule has 0 bridgehead atoms. The third-order valence-electron chi connectivity index (χ3n) is 3.38. The Morgan fingerprint density at radius 1 is 1.24 bits per heavy atom. The standard InChI is InChI=1S/C17H17ClN2O5/c1-9(21)11-6-14(19-8-11)17(23)25-10(2)16(22)20-13-7-12(18)4-5-15(13)24-3/h4-8,10,19H,1-3H3,(H,20,22)/t10-/m1/s1. The van der Waals surface area contributed by atoms with E-state index >= 15 is 0 Å². The number of carbonyl (C=O) groups is 3. The Hall–Kier alpha value is -2.80. The fraction of sp³-hybridized carbons (Fsp3) is 0.235. The molecule has 0 spiro atoms. The van der Waals surface area contributed by atoms with Gasteiger partial charge in [-0.15, -0.1) is 0 Å². The number of carbonyl (C=O) groups excluding carboxylic acids is 3. The number of benzene rings is 1. The van der Waals surface area contributed by atoms with Gasteiger partial charge in [-0.2, -0.15) is 0 Å². The van der Waals surface area contributed by atoms with Gasteiger partial charge in [-0.3, -0.25) is 9.59 Å². The van der Waals surface area contributed by atoms with E-state index in [-0.39, 0.29) is 11.5 Å². The summed E-state index contributed by atoms with van der Waals surface area (Å²) in [5.74, 6) is -1.05. The molecular weight excluding hydrogens is 348 g/mol. The lowest BCUT2D eigenvalue weighted by molar-refractivity contribution is -0.123. The molecule has 0 aliphatic rings. The van der Waals surface area contributed by atoms with Crippen molar-refractivity contribution < 1.29 is 23.9 Å². The van der Waals surface area contributed by atoms with Gasteiger partial charge in [-0.25, -0.2) is 4.79 Å². The Labute approximate surface area is 149 Å². The van der Waals surface area contributed by atoms with Gasteiger partial charge < -0.3 is 19.8 Å². The summed E-state index contributed by atoms with van der Waals surface area (Å²) < 4.78 is 10.2. The lowest BCUT2D eigenvalue weighted by Gasteiger charge is -2.15. The van der Waals surface area contributed by atoms with E-state index in [0.29, 0.717) is 22.0 Å². The molecular formula is C17H17ClN2O5. The fourth-order valence-corrected chi connectivity index (χ4v) is 2.18. The van der Waals surface area contributed by atoms with Gasteiger partial charge in [0.2, 0.25) is 0 Å². The molecule has 0 saturated heterocycles. The second kappa shape index (κ2) is 7.85. The molecule has 8 heteroatoms. The highest BCUT2D eigenvalue weighted by atomic mass is 35.5. The number of aromatic nitrogens is 1. The first kappa shape index (κ1) is 18.5. The van der Waals surface area contributed by atoms with E-state index in [9.17, 15) is 14.4 Å². The van der Waals surface area contributed by atoms with Crippen molar-refractivity contribution in [2.24, 2.45) is 0 Å². The van der Waals surface area contributed by atoms with Crippen molar-refractivity contribution in [2.75, 3.05) is 12.4 Å². The molecule has 1 aromatic carbocycles. The maximum Gasteiger partial charge on any atom is 0.355 e. The topological polar surface area (TPSA) is 97.5 Å². The first-order chi connectivity index (χ1) is 11.8. The summed E-state index contributed by atoms with van der Waals surface area (Å²) >= 11 is 5.91. The van der Waals surface area contributed by atoms with Crippen molar-refractivity contribution in [1.29, 1.82) is 0 Å². The predicted octanol–water partition coefficient (Wildman–Crippen LogP) is 3.06. The van der Waals surface area contributed by atoms with Gasteiger partial charge in [0.1, 0.15) is 11.4 Å². The molecule has 0 aliphatic carbocycles. The van der Waals surface area contributed by atoms with Crippen LogP contribution in [0, 0.1) is 0 Å². The van der Waals surface area contributed by atoms with Crippen LogP contribution in [0.4, 0.5) is 5.69 Å². The van der Waals surface area contributed by atoms with Crippen LogP contribution in [-0.4, -0.2) is 35.9 Å². The minimum absolute atomic E-state index is 0.0881. The number of hydrogen-bond donors (Lipinski definition) is 2. The van der Waals surface area contributed by atoms with Crippen LogP contribution in [-0.2, 0) is 9.53 Å². The zero-order valence-corrected chi connectivity index (χ0v) is 14.6. The SMILES string of the molecule is COc1ccc(Cl)cc1NC(=O)[C@@H](C)OC(=O)c1cc(C(C)=O)c[nH]1. The van der Waals surface area contributed by atoms with E-state index in [0.717, 1.165) is 0 Å². The molecule has 0 fully saturated rings. The van der Waals surface area contributed by atoms with Crippen molar-refractivity contribution in [3.05, 3.63) is 46.7 Å². The van der Waals surface area contributed by atoms with E-state index < -0.39 is 18.0 Å². The number of hydrogen-bond acceptors (Lipinski definition) is 5. The summed E-state index contributed by atoms with van der Waals surface area (Å²) in [6.45, 7) is 2.81. The van der Waals surface area contributed by atoms with Gasteiger partial charge in [-0.05, 0) is 38.1 Å². The van der Waals surface area contributed by atoms with Gasteiger partial charge in [0, 0.05) is 16.8 Å². The summed E-state index contributed by atoms with van der Waals surface area (Å²) in [7, 11) is 1.46. The maximum atomic E-state index is 12.2. The quantitative estimate of drug-likeness (QED) is 0.606. The summed E-state index contributed by atoms with van der Waals surface area (Å²) in [5.41, 5.74) is 0.805. The maximum absolute atomic E-state index is 12.2. The third-order valence-corrected chi connectivity index (χ3v) is 3.62. The minimum Gasteiger partial charge on any atom is -0.495 e. The molecule has 2 aromatic rings. The number of aromatic amines is 1. The minimum atomic E-state index is -1.07. The van der Waals surface area contributed by atoms with Gasteiger partial charge >= 0.3 is 5.97 Å². The number of methoxy groups -OCH3 is 1. The van der Waals surface area contributed by atoms with E-state index in [1.165, 1.54) is 39.3 Å². The molecule has 132 valence electrons. The Morgan fingerprint density at radius 3 is 2.56 bits per heavy atom. The van der Waals surface area contributed by atoms with Crippen LogP contribution in [0.1, 0.15) is 34.7 Å². The van der Waals surface area contributed by atoms with Crippen molar-refractivity contribution in [3.8, 4) is 5.75 Å². The summed E-state index contributed by atoms with van der Waals surface area (Å²) in [6.07, 6.45) is 0.334. The molecule has 1 heterocycles. The van der Waals surface area contributed by atoms with Crippen LogP contribution >= 0.6 is 11.6 Å². The Morgan fingerprint density at radius 2 is 1.96 bits per heavy atom. The summed E-state index contributed by atoms with van der Waals surface area (Å²) in [6, 6.07) is 6.13. The molecule has 1 amide bonds. The van der Waals surface area contributed by atoms with E-state index in [1.54, 1.807) is 12.1 Å². The zero-order valence-electron chi connectivity index (χ0n) is 13.9. The van der Waals surface area contributed by atoms with Crippen LogP contribution < -0.4 is 10.1 Å². The average Bonchev–Trinajstić information content (AvgIpc) is 3.05. The number of ether oxygens (including phenoxy) is 2. The highest BCUT2D eigenvalue weighted by Crippen LogP contribution is 2.27. The Balaban J connectivity index is 2.03. The third kappa shape index (κ3) is 4.60. The first-order valence-corrected chi connectivity index (χ1v) is 7.74. The molecule has 0 saturated carbocycles. The van der Waals surface area contributed by atoms with Crippen molar-refractivity contribution in [2.45, 2.75) is 20.0 Å². The van der Waals surface area contributed by atoms with Crippen LogP contribution in [0.3, 0.4) is 0 Å².